The average Bonchev–Trinajstić information content (AvgIpc) is 2.14. The number of halogens is 2. The third-order valence-electron chi connectivity index (χ3n) is 2.06. The molecule has 0 spiro atoms. The minimum atomic E-state index is -0.944. The zero-order valence-electron chi connectivity index (χ0n) is 9.13. The molecule has 1 aromatic carbocycles. The number of rotatable bonds is 4. The molecule has 0 aliphatic heterocycles. The minimum absolute atomic E-state index is 0.0399. The first-order valence-corrected chi connectivity index (χ1v) is 4.92. The van der Waals surface area contributed by atoms with Gasteiger partial charge in [-0.15, -0.1) is 0 Å². The molecule has 1 unspecified atom stereocenters. The van der Waals surface area contributed by atoms with Crippen LogP contribution in [0.15, 0.2) is 18.2 Å². The van der Waals surface area contributed by atoms with Crippen LogP contribution in [0.4, 0.5) is 8.78 Å². The zero-order valence-corrected chi connectivity index (χ0v) is 9.13. The van der Waals surface area contributed by atoms with E-state index in [0.29, 0.717) is 0 Å². The molecule has 1 atom stereocenters. The first kappa shape index (κ1) is 12.6. The summed E-state index contributed by atoms with van der Waals surface area (Å²) in [6.07, 6.45) is 0. The highest BCUT2D eigenvalue weighted by molar-refractivity contribution is 5.81. The Labute approximate surface area is 92.6 Å². The third kappa shape index (κ3) is 3.00. The quantitative estimate of drug-likeness (QED) is 0.820. The number of amides is 1. The van der Waals surface area contributed by atoms with Crippen molar-refractivity contribution in [3.8, 4) is 0 Å². The van der Waals surface area contributed by atoms with Gasteiger partial charge in [0.15, 0.2) is 0 Å². The summed E-state index contributed by atoms with van der Waals surface area (Å²) < 4.78 is 26.1. The van der Waals surface area contributed by atoms with Crippen LogP contribution in [0.3, 0.4) is 0 Å². The Kier molecular flexibility index (Phi) is 3.95. The van der Waals surface area contributed by atoms with Crippen LogP contribution in [0.25, 0.3) is 0 Å². The highest BCUT2D eigenvalue weighted by Crippen LogP contribution is 2.18. The molecule has 0 fully saturated rings. The van der Waals surface area contributed by atoms with E-state index in [1.54, 1.807) is 13.8 Å². The monoisotopic (exact) mass is 228 g/mol. The second-order valence-electron chi connectivity index (χ2n) is 3.82. The molecule has 3 nitrogen and oxygen atoms in total. The molecule has 0 aliphatic rings. The molecule has 1 aromatic rings. The van der Waals surface area contributed by atoms with Crippen molar-refractivity contribution in [3.63, 3.8) is 0 Å². The van der Waals surface area contributed by atoms with Crippen LogP contribution in [0.1, 0.15) is 25.5 Å². The van der Waals surface area contributed by atoms with Crippen molar-refractivity contribution in [1.29, 1.82) is 0 Å². The van der Waals surface area contributed by atoms with Crippen molar-refractivity contribution < 1.29 is 13.6 Å². The van der Waals surface area contributed by atoms with Crippen molar-refractivity contribution >= 4 is 5.91 Å². The summed E-state index contributed by atoms with van der Waals surface area (Å²) in [5.74, 6) is -2.16. The van der Waals surface area contributed by atoms with E-state index in [2.05, 4.69) is 5.32 Å². The topological polar surface area (TPSA) is 55.1 Å². The number of nitrogens with one attached hydrogen (secondary N) is 1. The summed E-state index contributed by atoms with van der Waals surface area (Å²) in [6, 6.07) is 2.06. The maximum atomic E-state index is 13.4. The predicted octanol–water partition coefficient (Wildman–Crippen LogP) is 1.49. The third-order valence-corrected chi connectivity index (χ3v) is 2.06. The second kappa shape index (κ2) is 5.03. The summed E-state index contributed by atoms with van der Waals surface area (Å²) in [5, 5.41) is 2.82. The Morgan fingerprint density at radius 3 is 2.44 bits per heavy atom. The van der Waals surface area contributed by atoms with E-state index in [1.165, 1.54) is 6.07 Å². The van der Waals surface area contributed by atoms with Crippen molar-refractivity contribution in [2.24, 2.45) is 5.73 Å². The van der Waals surface area contributed by atoms with Gasteiger partial charge in [0, 0.05) is 17.7 Å². The minimum Gasteiger partial charge on any atom is -0.368 e. The van der Waals surface area contributed by atoms with Gasteiger partial charge in [-0.2, -0.15) is 0 Å². The molecule has 0 saturated carbocycles. The molecule has 1 amide bonds. The molecule has 88 valence electrons. The Bertz CT molecular complexity index is 394. The lowest BCUT2D eigenvalue weighted by Crippen LogP contribution is -2.38. The van der Waals surface area contributed by atoms with Crippen LogP contribution in [-0.2, 0) is 4.79 Å². The van der Waals surface area contributed by atoms with Gasteiger partial charge in [0.1, 0.15) is 17.7 Å². The van der Waals surface area contributed by atoms with E-state index >= 15 is 0 Å². The van der Waals surface area contributed by atoms with E-state index in [4.69, 9.17) is 5.73 Å². The Hall–Kier alpha value is -1.49. The Balaban J connectivity index is 3.06. The smallest absolute Gasteiger partial charge is 0.239 e. The van der Waals surface area contributed by atoms with Gasteiger partial charge in [-0.1, -0.05) is 6.07 Å². The summed E-state index contributed by atoms with van der Waals surface area (Å²) in [7, 11) is 0. The zero-order chi connectivity index (χ0) is 12.3. The van der Waals surface area contributed by atoms with Crippen LogP contribution in [0, 0.1) is 11.6 Å². The standard InChI is InChI=1S/C11H14F2N2O/c1-6(2)15-10(11(14)16)8-4-3-7(12)5-9(8)13/h3-6,10,15H,1-2H3,(H2,14,16). The number of carbonyl (C=O) groups excluding carboxylic acids is 1. The summed E-state index contributed by atoms with van der Waals surface area (Å²) in [5.41, 5.74) is 5.22. The van der Waals surface area contributed by atoms with Gasteiger partial charge < -0.3 is 5.73 Å². The first-order chi connectivity index (χ1) is 7.41. The van der Waals surface area contributed by atoms with Crippen molar-refractivity contribution in [2.75, 3.05) is 0 Å². The predicted molar refractivity (Wildman–Crippen MR) is 56.6 cm³/mol. The molecule has 5 heteroatoms. The SMILES string of the molecule is CC(C)NC(C(N)=O)c1ccc(F)cc1F. The normalized spacial score (nSPS) is 12.8. The average molecular weight is 228 g/mol. The largest absolute Gasteiger partial charge is 0.368 e. The van der Waals surface area contributed by atoms with E-state index in [1.807, 2.05) is 0 Å². The summed E-state index contributed by atoms with van der Waals surface area (Å²) in [4.78, 5) is 11.2. The lowest BCUT2D eigenvalue weighted by molar-refractivity contribution is -0.120. The molecule has 0 saturated heterocycles. The van der Waals surface area contributed by atoms with Crippen molar-refractivity contribution in [3.05, 3.63) is 35.4 Å². The van der Waals surface area contributed by atoms with E-state index in [-0.39, 0.29) is 11.6 Å². The molecule has 1 rings (SSSR count). The van der Waals surface area contributed by atoms with Gasteiger partial charge in [-0.3, -0.25) is 10.1 Å². The number of carbonyl (C=O) groups is 1. The van der Waals surface area contributed by atoms with E-state index in [0.717, 1.165) is 12.1 Å². The molecule has 0 heterocycles. The van der Waals surface area contributed by atoms with Gasteiger partial charge in [-0.05, 0) is 19.9 Å². The summed E-state index contributed by atoms with van der Waals surface area (Å²) in [6.45, 7) is 3.61. The molecular weight excluding hydrogens is 214 g/mol. The molecule has 0 bridgehead atoms. The van der Waals surface area contributed by atoms with Crippen LogP contribution in [0.2, 0.25) is 0 Å². The second-order valence-corrected chi connectivity index (χ2v) is 3.82. The molecule has 0 aliphatic carbocycles. The Morgan fingerprint density at radius 2 is 2.00 bits per heavy atom. The van der Waals surface area contributed by atoms with Gasteiger partial charge >= 0.3 is 0 Å². The van der Waals surface area contributed by atoms with Gasteiger partial charge in [0.25, 0.3) is 0 Å². The number of hydrogen-bond donors (Lipinski definition) is 2. The number of primary amides is 1. The molecule has 0 aromatic heterocycles. The van der Waals surface area contributed by atoms with Gasteiger partial charge in [0.2, 0.25) is 5.91 Å². The lowest BCUT2D eigenvalue weighted by atomic mass is 10.0. The molecule has 3 N–H and O–H groups in total. The van der Waals surface area contributed by atoms with E-state index < -0.39 is 23.6 Å². The highest BCUT2D eigenvalue weighted by Gasteiger charge is 2.21. The van der Waals surface area contributed by atoms with Crippen LogP contribution in [-0.4, -0.2) is 11.9 Å². The molecule has 0 radical (unpaired) electrons. The first-order valence-electron chi connectivity index (χ1n) is 4.92. The number of nitrogens with two attached hydrogens (primary N) is 1. The highest BCUT2D eigenvalue weighted by atomic mass is 19.1. The van der Waals surface area contributed by atoms with Crippen molar-refractivity contribution in [2.45, 2.75) is 25.9 Å². The van der Waals surface area contributed by atoms with Crippen LogP contribution in [0.5, 0.6) is 0 Å². The maximum Gasteiger partial charge on any atom is 0.239 e. The van der Waals surface area contributed by atoms with Crippen molar-refractivity contribution in [1.82, 2.24) is 5.32 Å². The van der Waals surface area contributed by atoms with E-state index in [9.17, 15) is 13.6 Å². The fourth-order valence-electron chi connectivity index (χ4n) is 1.39. The fourth-order valence-corrected chi connectivity index (χ4v) is 1.39. The number of hydrogen-bond acceptors (Lipinski definition) is 2. The Morgan fingerprint density at radius 1 is 1.38 bits per heavy atom. The molecule has 16 heavy (non-hydrogen) atoms. The van der Waals surface area contributed by atoms with Crippen LogP contribution < -0.4 is 11.1 Å². The number of benzene rings is 1. The van der Waals surface area contributed by atoms with Gasteiger partial charge in [-0.25, -0.2) is 8.78 Å². The lowest BCUT2D eigenvalue weighted by Gasteiger charge is -2.19. The van der Waals surface area contributed by atoms with Gasteiger partial charge in [0.05, 0.1) is 0 Å². The molecular formula is C11H14F2N2O. The fraction of sp³-hybridized carbons (Fsp3) is 0.364. The summed E-state index contributed by atoms with van der Waals surface area (Å²) >= 11 is 0. The van der Waals surface area contributed by atoms with Crippen LogP contribution >= 0.6 is 0 Å². The maximum absolute atomic E-state index is 13.4.